The van der Waals surface area contributed by atoms with Crippen LogP contribution in [0.1, 0.15) is 15.9 Å². The molecule has 0 saturated heterocycles. The van der Waals surface area contributed by atoms with E-state index in [0.717, 1.165) is 27.2 Å². The van der Waals surface area contributed by atoms with E-state index in [0.29, 0.717) is 5.56 Å². The zero-order valence-corrected chi connectivity index (χ0v) is 8.55. The van der Waals surface area contributed by atoms with Crippen molar-refractivity contribution in [2.75, 3.05) is 0 Å². The molecule has 0 aliphatic rings. The third-order valence-electron chi connectivity index (χ3n) is 2.04. The summed E-state index contributed by atoms with van der Waals surface area (Å²) in [6.07, 6.45) is 2.50. The molecule has 1 aromatic heterocycles. The molecule has 0 aliphatic carbocycles. The van der Waals surface area contributed by atoms with Gasteiger partial charge in [0.1, 0.15) is 0 Å². The fraction of sp³-hybridized carbons (Fsp3) is 0.111. The number of nitrogens with one attached hydrogen (secondary N) is 1. The number of hydrogen-bond donors (Lipinski definition) is 1. The van der Waals surface area contributed by atoms with E-state index in [1.54, 1.807) is 6.20 Å². The highest BCUT2D eigenvalue weighted by Gasteiger charge is 2.08. The van der Waals surface area contributed by atoms with E-state index in [2.05, 4.69) is 26.1 Å². The maximum Gasteiger partial charge on any atom is 0.151 e. The van der Waals surface area contributed by atoms with E-state index in [9.17, 15) is 4.79 Å². The predicted molar refractivity (Wildman–Crippen MR) is 53.9 cm³/mol. The summed E-state index contributed by atoms with van der Waals surface area (Å²) >= 11 is 3.34. The summed E-state index contributed by atoms with van der Waals surface area (Å²) in [5.41, 5.74) is 2.64. The second-order valence-corrected chi connectivity index (χ2v) is 3.72. The smallest absolute Gasteiger partial charge is 0.151 e. The van der Waals surface area contributed by atoms with Crippen molar-refractivity contribution in [2.24, 2.45) is 0 Å². The molecule has 0 radical (unpaired) electrons. The average Bonchev–Trinajstić information content (AvgIpc) is 2.53. The highest BCUT2D eigenvalue weighted by Crippen LogP contribution is 2.26. The number of aromatic nitrogens is 2. The Morgan fingerprint density at radius 3 is 3.08 bits per heavy atom. The lowest BCUT2D eigenvalue weighted by Crippen LogP contribution is -1.86. The van der Waals surface area contributed by atoms with Gasteiger partial charge in [0, 0.05) is 15.4 Å². The second kappa shape index (κ2) is 2.96. The molecule has 0 amide bonds. The summed E-state index contributed by atoms with van der Waals surface area (Å²) < 4.78 is 0.814. The number of halogens is 1. The zero-order chi connectivity index (χ0) is 9.42. The molecule has 13 heavy (non-hydrogen) atoms. The van der Waals surface area contributed by atoms with Gasteiger partial charge in [0.25, 0.3) is 0 Å². The third kappa shape index (κ3) is 1.18. The second-order valence-electron chi connectivity index (χ2n) is 2.87. The van der Waals surface area contributed by atoms with E-state index < -0.39 is 0 Å². The molecule has 0 bridgehead atoms. The Morgan fingerprint density at radius 1 is 1.62 bits per heavy atom. The van der Waals surface area contributed by atoms with E-state index in [1.807, 2.05) is 13.0 Å². The van der Waals surface area contributed by atoms with Crippen LogP contribution < -0.4 is 0 Å². The Bertz CT molecular complexity index is 476. The van der Waals surface area contributed by atoms with Crippen LogP contribution in [0.4, 0.5) is 0 Å². The van der Waals surface area contributed by atoms with E-state index in [1.165, 1.54) is 0 Å². The largest absolute Gasteiger partial charge is 0.298 e. The van der Waals surface area contributed by atoms with Crippen LogP contribution in [0.25, 0.3) is 10.9 Å². The van der Waals surface area contributed by atoms with Crippen LogP contribution in [0.3, 0.4) is 0 Å². The van der Waals surface area contributed by atoms with Crippen LogP contribution in [-0.2, 0) is 0 Å². The molecule has 0 aliphatic heterocycles. The van der Waals surface area contributed by atoms with Crippen LogP contribution >= 0.6 is 15.9 Å². The van der Waals surface area contributed by atoms with Crippen molar-refractivity contribution in [1.82, 2.24) is 10.2 Å². The average molecular weight is 239 g/mol. The SMILES string of the molecule is Cc1cc(Br)c(C=O)c2cn[nH]c12. The van der Waals surface area contributed by atoms with Crippen LogP contribution in [0, 0.1) is 6.92 Å². The number of rotatable bonds is 1. The van der Waals surface area contributed by atoms with Crippen LogP contribution in [0.2, 0.25) is 0 Å². The van der Waals surface area contributed by atoms with Gasteiger partial charge in [0.15, 0.2) is 6.29 Å². The van der Waals surface area contributed by atoms with Crippen molar-refractivity contribution < 1.29 is 4.79 Å². The summed E-state index contributed by atoms with van der Waals surface area (Å²) in [6.45, 7) is 1.97. The molecule has 0 saturated carbocycles. The molecule has 0 unspecified atom stereocenters. The normalized spacial score (nSPS) is 10.6. The molecule has 0 fully saturated rings. The summed E-state index contributed by atoms with van der Waals surface area (Å²) in [5.74, 6) is 0. The molecule has 1 N–H and O–H groups in total. The van der Waals surface area contributed by atoms with Crippen molar-refractivity contribution in [2.45, 2.75) is 6.92 Å². The fourth-order valence-corrected chi connectivity index (χ4v) is 2.03. The van der Waals surface area contributed by atoms with Crippen molar-refractivity contribution in [3.8, 4) is 0 Å². The Balaban J connectivity index is 2.96. The molecule has 66 valence electrons. The number of aldehydes is 1. The summed E-state index contributed by atoms with van der Waals surface area (Å²) in [5, 5.41) is 7.63. The zero-order valence-electron chi connectivity index (χ0n) is 6.97. The van der Waals surface area contributed by atoms with Crippen molar-refractivity contribution in [3.63, 3.8) is 0 Å². The Morgan fingerprint density at radius 2 is 2.38 bits per heavy atom. The van der Waals surface area contributed by atoms with Gasteiger partial charge in [-0.15, -0.1) is 0 Å². The molecular weight excluding hydrogens is 232 g/mol. The number of H-pyrrole nitrogens is 1. The van der Waals surface area contributed by atoms with Gasteiger partial charge in [-0.1, -0.05) is 15.9 Å². The molecule has 2 rings (SSSR count). The monoisotopic (exact) mass is 238 g/mol. The Labute approximate surface area is 83.3 Å². The van der Waals surface area contributed by atoms with Gasteiger partial charge in [0.05, 0.1) is 11.7 Å². The predicted octanol–water partition coefficient (Wildman–Crippen LogP) is 2.45. The number of fused-ring (bicyclic) bond motifs is 1. The molecule has 3 nitrogen and oxygen atoms in total. The Hall–Kier alpha value is -1.16. The lowest BCUT2D eigenvalue weighted by molar-refractivity contribution is 0.112. The highest BCUT2D eigenvalue weighted by atomic mass is 79.9. The lowest BCUT2D eigenvalue weighted by Gasteiger charge is -2.00. The van der Waals surface area contributed by atoms with Crippen LogP contribution in [0.5, 0.6) is 0 Å². The standard InChI is InChI=1S/C9H7BrN2O/c1-5-2-8(10)7(4-13)6-3-11-12-9(5)6/h2-4H,1H3,(H,11,12). The molecule has 1 heterocycles. The molecule has 2 aromatic rings. The van der Waals surface area contributed by atoms with E-state index in [4.69, 9.17) is 0 Å². The van der Waals surface area contributed by atoms with Crippen LogP contribution in [0.15, 0.2) is 16.7 Å². The van der Waals surface area contributed by atoms with Gasteiger partial charge in [0.2, 0.25) is 0 Å². The molecule has 1 aromatic carbocycles. The van der Waals surface area contributed by atoms with Crippen LogP contribution in [-0.4, -0.2) is 16.5 Å². The first-order valence-electron chi connectivity index (χ1n) is 3.81. The highest BCUT2D eigenvalue weighted by molar-refractivity contribution is 9.10. The molecule has 4 heteroatoms. The minimum Gasteiger partial charge on any atom is -0.298 e. The third-order valence-corrected chi connectivity index (χ3v) is 2.70. The number of aromatic amines is 1. The first-order chi connectivity index (χ1) is 6.24. The molecular formula is C9H7BrN2O. The van der Waals surface area contributed by atoms with Crippen molar-refractivity contribution in [1.29, 1.82) is 0 Å². The maximum absolute atomic E-state index is 10.8. The van der Waals surface area contributed by atoms with Gasteiger partial charge >= 0.3 is 0 Å². The lowest BCUT2D eigenvalue weighted by atomic mass is 10.1. The molecule has 0 atom stereocenters. The van der Waals surface area contributed by atoms with E-state index in [-0.39, 0.29) is 0 Å². The number of benzene rings is 1. The topological polar surface area (TPSA) is 45.8 Å². The van der Waals surface area contributed by atoms with Crippen molar-refractivity contribution in [3.05, 3.63) is 27.9 Å². The molecule has 0 spiro atoms. The maximum atomic E-state index is 10.8. The first-order valence-corrected chi connectivity index (χ1v) is 4.60. The number of carbonyl (C=O) groups excluding carboxylic acids is 1. The van der Waals surface area contributed by atoms with E-state index >= 15 is 0 Å². The minimum absolute atomic E-state index is 0.648. The number of hydrogen-bond acceptors (Lipinski definition) is 2. The summed E-state index contributed by atoms with van der Waals surface area (Å²) in [7, 11) is 0. The minimum atomic E-state index is 0.648. The summed E-state index contributed by atoms with van der Waals surface area (Å²) in [4.78, 5) is 10.8. The Kier molecular flexibility index (Phi) is 1.92. The fourth-order valence-electron chi connectivity index (χ4n) is 1.38. The van der Waals surface area contributed by atoms with Crippen molar-refractivity contribution >= 4 is 33.1 Å². The van der Waals surface area contributed by atoms with Gasteiger partial charge in [-0.05, 0) is 18.6 Å². The quantitative estimate of drug-likeness (QED) is 0.777. The van der Waals surface area contributed by atoms with Gasteiger partial charge in [-0.2, -0.15) is 5.10 Å². The summed E-state index contributed by atoms with van der Waals surface area (Å²) in [6, 6.07) is 1.91. The van der Waals surface area contributed by atoms with Gasteiger partial charge in [-0.25, -0.2) is 0 Å². The van der Waals surface area contributed by atoms with Gasteiger partial charge < -0.3 is 0 Å². The number of aryl methyl sites for hydroxylation is 1. The number of carbonyl (C=O) groups is 1. The number of nitrogens with zero attached hydrogens (tertiary/aromatic N) is 1. The van der Waals surface area contributed by atoms with Gasteiger partial charge in [-0.3, -0.25) is 9.89 Å². The first kappa shape index (κ1) is 8.44.